The number of benzene rings is 1. The third-order valence-electron chi connectivity index (χ3n) is 3.09. The molecule has 1 unspecified atom stereocenters. The lowest BCUT2D eigenvalue weighted by atomic mass is 10.2. The number of carbonyl (C=O) groups excluding carboxylic acids is 1. The first kappa shape index (κ1) is 11.0. The van der Waals surface area contributed by atoms with Crippen molar-refractivity contribution in [1.29, 1.82) is 0 Å². The first-order valence-corrected chi connectivity index (χ1v) is 5.44. The van der Waals surface area contributed by atoms with Crippen LogP contribution >= 0.6 is 0 Å². The molecule has 0 bridgehead atoms. The summed E-state index contributed by atoms with van der Waals surface area (Å²) in [6, 6.07) is 8.12. The molecule has 2 amide bonds. The van der Waals surface area contributed by atoms with Crippen molar-refractivity contribution in [2.75, 3.05) is 25.0 Å². The molecule has 1 saturated heterocycles. The van der Waals surface area contributed by atoms with Gasteiger partial charge in [0.15, 0.2) is 0 Å². The minimum Gasteiger partial charge on any atom is -0.328 e. The summed E-state index contributed by atoms with van der Waals surface area (Å²) in [6.45, 7) is 3.21. The van der Waals surface area contributed by atoms with E-state index < -0.39 is 0 Å². The number of anilines is 1. The van der Waals surface area contributed by atoms with Crippen LogP contribution in [0.15, 0.2) is 24.3 Å². The van der Waals surface area contributed by atoms with Crippen molar-refractivity contribution < 1.29 is 4.79 Å². The number of nitrogens with zero attached hydrogens (tertiary/aromatic N) is 2. The van der Waals surface area contributed by atoms with Crippen LogP contribution in [0.1, 0.15) is 5.56 Å². The Hall–Kier alpha value is -1.55. The number of aryl methyl sites for hydroxylation is 1. The summed E-state index contributed by atoms with van der Waals surface area (Å²) >= 11 is 0. The highest BCUT2D eigenvalue weighted by atomic mass is 16.2. The van der Waals surface area contributed by atoms with Crippen molar-refractivity contribution in [3.8, 4) is 0 Å². The molecule has 0 aromatic heterocycles. The third-order valence-corrected chi connectivity index (χ3v) is 3.09. The van der Waals surface area contributed by atoms with Crippen molar-refractivity contribution in [3.05, 3.63) is 29.8 Å². The molecule has 0 aliphatic carbocycles. The summed E-state index contributed by atoms with van der Waals surface area (Å²) in [5.74, 6) is 0. The number of hydrogen-bond acceptors (Lipinski definition) is 2. The largest absolute Gasteiger partial charge is 0.328 e. The maximum atomic E-state index is 12.0. The Morgan fingerprint density at radius 1 is 1.38 bits per heavy atom. The van der Waals surface area contributed by atoms with Gasteiger partial charge < -0.3 is 10.6 Å². The predicted molar refractivity (Wildman–Crippen MR) is 64.5 cm³/mol. The fourth-order valence-electron chi connectivity index (χ4n) is 1.93. The molecule has 2 N–H and O–H groups in total. The Labute approximate surface area is 95.6 Å². The minimum absolute atomic E-state index is 0.0271. The molecule has 86 valence electrons. The first-order valence-electron chi connectivity index (χ1n) is 5.44. The van der Waals surface area contributed by atoms with Gasteiger partial charge in [0.1, 0.15) is 0 Å². The molecule has 1 aliphatic heterocycles. The molecule has 4 heteroatoms. The van der Waals surface area contributed by atoms with E-state index in [-0.39, 0.29) is 12.1 Å². The normalized spacial score (nSPS) is 20.7. The van der Waals surface area contributed by atoms with Gasteiger partial charge in [0.05, 0.1) is 6.04 Å². The minimum atomic E-state index is 0.0271. The number of urea groups is 1. The van der Waals surface area contributed by atoms with Crippen LogP contribution in [0, 0.1) is 6.92 Å². The number of carbonyl (C=O) groups is 1. The van der Waals surface area contributed by atoms with Gasteiger partial charge in [-0.3, -0.25) is 4.90 Å². The second kappa shape index (κ2) is 4.14. The Morgan fingerprint density at radius 2 is 2.00 bits per heavy atom. The van der Waals surface area contributed by atoms with E-state index >= 15 is 0 Å². The van der Waals surface area contributed by atoms with Gasteiger partial charge >= 0.3 is 6.03 Å². The standard InChI is InChI=1S/C12H17N3O/c1-9-3-5-10(6-4-9)15-8-11(7-13)14(2)12(15)16/h3-6,11H,7-8,13H2,1-2H3. The predicted octanol–water partition coefficient (Wildman–Crippen LogP) is 1.19. The van der Waals surface area contributed by atoms with E-state index in [0.717, 1.165) is 5.69 Å². The van der Waals surface area contributed by atoms with Crippen LogP contribution < -0.4 is 10.6 Å². The zero-order valence-electron chi connectivity index (χ0n) is 9.68. The van der Waals surface area contributed by atoms with Crippen LogP contribution in [0.5, 0.6) is 0 Å². The molecule has 1 aliphatic rings. The zero-order chi connectivity index (χ0) is 11.7. The van der Waals surface area contributed by atoms with E-state index in [2.05, 4.69) is 0 Å². The topological polar surface area (TPSA) is 49.6 Å². The van der Waals surface area contributed by atoms with E-state index in [9.17, 15) is 4.79 Å². The van der Waals surface area contributed by atoms with Gasteiger partial charge in [0, 0.05) is 25.8 Å². The lowest BCUT2D eigenvalue weighted by Crippen LogP contribution is -2.35. The van der Waals surface area contributed by atoms with Gasteiger partial charge in [-0.25, -0.2) is 4.79 Å². The van der Waals surface area contributed by atoms with Crippen LogP contribution in [0.3, 0.4) is 0 Å². The molecule has 1 aromatic carbocycles. The van der Waals surface area contributed by atoms with Crippen LogP contribution in [0.4, 0.5) is 10.5 Å². The fourth-order valence-corrected chi connectivity index (χ4v) is 1.93. The molecule has 0 radical (unpaired) electrons. The summed E-state index contributed by atoms with van der Waals surface area (Å²) in [7, 11) is 1.80. The van der Waals surface area contributed by atoms with E-state index in [1.165, 1.54) is 5.56 Å². The van der Waals surface area contributed by atoms with E-state index in [1.54, 1.807) is 16.8 Å². The molecule has 4 nitrogen and oxygen atoms in total. The maximum absolute atomic E-state index is 12.0. The highest BCUT2D eigenvalue weighted by Crippen LogP contribution is 2.22. The zero-order valence-corrected chi connectivity index (χ0v) is 9.68. The second-order valence-corrected chi connectivity index (χ2v) is 4.23. The first-order chi connectivity index (χ1) is 7.63. The quantitative estimate of drug-likeness (QED) is 0.812. The highest BCUT2D eigenvalue weighted by Gasteiger charge is 2.34. The summed E-state index contributed by atoms with van der Waals surface area (Å²) in [4.78, 5) is 15.4. The molecule has 1 heterocycles. The lowest BCUT2D eigenvalue weighted by molar-refractivity contribution is 0.219. The molecule has 1 atom stereocenters. The van der Waals surface area contributed by atoms with Crippen LogP contribution in [0.2, 0.25) is 0 Å². The average Bonchev–Trinajstić information content (AvgIpc) is 2.57. The van der Waals surface area contributed by atoms with Crippen LogP contribution in [-0.2, 0) is 0 Å². The van der Waals surface area contributed by atoms with E-state index in [4.69, 9.17) is 5.73 Å². The summed E-state index contributed by atoms with van der Waals surface area (Å²) < 4.78 is 0. The highest BCUT2D eigenvalue weighted by molar-refractivity contribution is 5.94. The fraction of sp³-hybridized carbons (Fsp3) is 0.417. The molecule has 1 aromatic rings. The van der Waals surface area contributed by atoms with Crippen molar-refractivity contribution >= 4 is 11.7 Å². The monoisotopic (exact) mass is 219 g/mol. The van der Waals surface area contributed by atoms with Crippen molar-refractivity contribution in [2.45, 2.75) is 13.0 Å². The van der Waals surface area contributed by atoms with Crippen LogP contribution in [-0.4, -0.2) is 37.1 Å². The lowest BCUT2D eigenvalue weighted by Gasteiger charge is -2.16. The number of nitrogens with two attached hydrogens (primary N) is 1. The van der Waals surface area contributed by atoms with Gasteiger partial charge in [0.2, 0.25) is 0 Å². The molecular formula is C12H17N3O. The molecule has 0 saturated carbocycles. The van der Waals surface area contributed by atoms with E-state index in [1.807, 2.05) is 31.2 Å². The summed E-state index contributed by atoms with van der Waals surface area (Å²) in [5, 5.41) is 0. The van der Waals surface area contributed by atoms with Crippen molar-refractivity contribution in [1.82, 2.24) is 4.90 Å². The Kier molecular flexibility index (Phi) is 2.83. The molecule has 16 heavy (non-hydrogen) atoms. The number of likely N-dealkylation sites (N-methyl/N-ethyl adjacent to an activating group) is 1. The average molecular weight is 219 g/mol. The van der Waals surface area contributed by atoms with Crippen LogP contribution in [0.25, 0.3) is 0 Å². The second-order valence-electron chi connectivity index (χ2n) is 4.23. The SMILES string of the molecule is Cc1ccc(N2CC(CN)N(C)C2=O)cc1. The van der Waals surface area contributed by atoms with Crippen molar-refractivity contribution in [2.24, 2.45) is 5.73 Å². The molecule has 0 spiro atoms. The number of amides is 2. The smallest absolute Gasteiger partial charge is 0.324 e. The van der Waals surface area contributed by atoms with Crippen molar-refractivity contribution in [3.63, 3.8) is 0 Å². The van der Waals surface area contributed by atoms with Gasteiger partial charge in [-0.2, -0.15) is 0 Å². The number of hydrogen-bond donors (Lipinski definition) is 1. The summed E-state index contributed by atoms with van der Waals surface area (Å²) in [6.07, 6.45) is 0. The Morgan fingerprint density at radius 3 is 2.50 bits per heavy atom. The van der Waals surface area contributed by atoms with Gasteiger partial charge in [-0.1, -0.05) is 17.7 Å². The third kappa shape index (κ3) is 1.76. The maximum Gasteiger partial charge on any atom is 0.324 e. The van der Waals surface area contributed by atoms with E-state index in [0.29, 0.717) is 13.1 Å². The van der Waals surface area contributed by atoms with Gasteiger partial charge in [-0.05, 0) is 19.1 Å². The molecule has 2 rings (SSSR count). The molecular weight excluding hydrogens is 202 g/mol. The van der Waals surface area contributed by atoms with Gasteiger partial charge in [0.25, 0.3) is 0 Å². The summed E-state index contributed by atoms with van der Waals surface area (Å²) in [5.41, 5.74) is 7.77. The number of rotatable bonds is 2. The molecule has 1 fully saturated rings. The Balaban J connectivity index is 2.23. The van der Waals surface area contributed by atoms with Gasteiger partial charge in [-0.15, -0.1) is 0 Å². The Bertz CT molecular complexity index is 388.